The van der Waals surface area contributed by atoms with E-state index in [1.54, 1.807) is 24.3 Å². The van der Waals surface area contributed by atoms with Crippen molar-refractivity contribution < 1.29 is 18.4 Å². The van der Waals surface area contributed by atoms with Crippen LogP contribution in [-0.2, 0) is 20.0 Å². The molecule has 0 heterocycles. The van der Waals surface area contributed by atoms with Crippen molar-refractivity contribution in [3.05, 3.63) is 71.3 Å². The molecule has 0 fully saturated rings. The van der Waals surface area contributed by atoms with Crippen molar-refractivity contribution in [2.75, 3.05) is 14.2 Å². The number of carbonyl (C=O) groups is 1. The lowest BCUT2D eigenvalue weighted by atomic mass is 10.1. The minimum Gasteiger partial charge on any atom is -0.338 e. The molecule has 24 heavy (non-hydrogen) atoms. The maximum Gasteiger partial charge on any atom is 0.352 e. The van der Waals surface area contributed by atoms with Gasteiger partial charge in [0.05, 0.1) is 0 Å². The summed E-state index contributed by atoms with van der Waals surface area (Å²) in [6, 6.07) is 16.6. The molecule has 2 rings (SSSR count). The average Bonchev–Trinajstić information content (AvgIpc) is 2.63. The first-order valence-corrected chi connectivity index (χ1v) is 9.22. The van der Waals surface area contributed by atoms with E-state index in [0.29, 0.717) is 12.0 Å². The molecule has 0 saturated carbocycles. The molecular weight excluding hydrogens is 325 g/mol. The van der Waals surface area contributed by atoms with Crippen LogP contribution in [0, 0.1) is 6.92 Å². The van der Waals surface area contributed by atoms with Gasteiger partial charge in [0.1, 0.15) is 5.78 Å². The third-order valence-electron chi connectivity index (χ3n) is 3.77. The van der Waals surface area contributed by atoms with Crippen molar-refractivity contribution in [3.8, 4) is 0 Å². The maximum atomic E-state index is 12.8. The number of hydrogen-bond acceptors (Lipinski definition) is 4. The molecule has 0 aromatic heterocycles. The van der Waals surface area contributed by atoms with Crippen molar-refractivity contribution in [1.82, 2.24) is 5.32 Å². The Morgan fingerprint density at radius 2 is 1.62 bits per heavy atom. The summed E-state index contributed by atoms with van der Waals surface area (Å²) in [6.45, 7) is 1.99. The van der Waals surface area contributed by atoms with E-state index in [1.165, 1.54) is 14.2 Å². The highest BCUT2D eigenvalue weighted by Crippen LogP contribution is 2.51. The van der Waals surface area contributed by atoms with Gasteiger partial charge in [0.15, 0.2) is 0 Å². The van der Waals surface area contributed by atoms with Crippen molar-refractivity contribution in [3.63, 3.8) is 0 Å². The normalized spacial score (nSPS) is 12.6. The van der Waals surface area contributed by atoms with Gasteiger partial charge < -0.3 is 14.4 Å². The van der Waals surface area contributed by atoms with E-state index in [-0.39, 0.29) is 5.91 Å². The lowest BCUT2D eigenvalue weighted by Gasteiger charge is -2.25. The molecule has 0 radical (unpaired) electrons. The fourth-order valence-electron chi connectivity index (χ4n) is 2.34. The summed E-state index contributed by atoms with van der Waals surface area (Å²) in [5, 5.41) is 2.79. The van der Waals surface area contributed by atoms with Crippen LogP contribution in [-0.4, -0.2) is 25.9 Å². The van der Waals surface area contributed by atoms with Gasteiger partial charge in [-0.25, -0.2) is 0 Å². The number of amides is 1. The number of aryl methyl sites for hydroxylation is 1. The first kappa shape index (κ1) is 18.4. The molecule has 2 aromatic rings. The number of rotatable bonds is 7. The van der Waals surface area contributed by atoms with Gasteiger partial charge in [0, 0.05) is 26.2 Å². The zero-order valence-corrected chi connectivity index (χ0v) is 15.0. The zero-order chi connectivity index (χ0) is 17.6. The highest BCUT2D eigenvalue weighted by molar-refractivity contribution is 7.54. The minimum atomic E-state index is -3.47. The lowest BCUT2D eigenvalue weighted by Crippen LogP contribution is -2.37. The average molecular weight is 347 g/mol. The van der Waals surface area contributed by atoms with E-state index in [4.69, 9.17) is 9.05 Å². The topological polar surface area (TPSA) is 64.6 Å². The summed E-state index contributed by atoms with van der Waals surface area (Å²) in [5.41, 5.74) is 2.56. The minimum absolute atomic E-state index is 0.318. The van der Waals surface area contributed by atoms with Crippen LogP contribution in [0.3, 0.4) is 0 Å². The first-order chi connectivity index (χ1) is 11.5. The standard InChI is InChI=1S/C18H22NO4P/c1-14-9-11-15(12-10-14)13-17(24(21,22-2)23-3)19-18(20)16-7-5-4-6-8-16/h4-12,17H,13H2,1-3H3,(H,19,20)/t17-/m0/s1. The largest absolute Gasteiger partial charge is 0.352 e. The highest BCUT2D eigenvalue weighted by atomic mass is 31.2. The van der Waals surface area contributed by atoms with Crippen LogP contribution in [0.5, 0.6) is 0 Å². The van der Waals surface area contributed by atoms with Crippen molar-refractivity contribution in [2.45, 2.75) is 19.1 Å². The molecule has 5 nitrogen and oxygen atoms in total. The van der Waals surface area contributed by atoms with E-state index in [9.17, 15) is 9.36 Å². The van der Waals surface area contributed by atoms with Crippen molar-refractivity contribution >= 4 is 13.5 Å². The molecule has 128 valence electrons. The van der Waals surface area contributed by atoms with Crippen LogP contribution >= 0.6 is 7.60 Å². The molecule has 0 aliphatic carbocycles. The molecule has 2 aromatic carbocycles. The van der Waals surface area contributed by atoms with E-state index in [2.05, 4.69) is 5.32 Å². The van der Waals surface area contributed by atoms with Gasteiger partial charge in [0.2, 0.25) is 0 Å². The summed E-state index contributed by atoms with van der Waals surface area (Å²) in [6.07, 6.45) is 0.345. The van der Waals surface area contributed by atoms with E-state index in [0.717, 1.165) is 11.1 Å². The number of nitrogens with one attached hydrogen (secondary N) is 1. The summed E-state index contributed by atoms with van der Waals surface area (Å²) in [4.78, 5) is 12.4. The van der Waals surface area contributed by atoms with E-state index < -0.39 is 13.4 Å². The van der Waals surface area contributed by atoms with Crippen LogP contribution in [0.15, 0.2) is 54.6 Å². The number of benzene rings is 2. The van der Waals surface area contributed by atoms with Crippen LogP contribution in [0.2, 0.25) is 0 Å². The van der Waals surface area contributed by atoms with Crippen molar-refractivity contribution in [1.29, 1.82) is 0 Å². The molecule has 1 N–H and O–H groups in total. The van der Waals surface area contributed by atoms with Crippen LogP contribution in [0.25, 0.3) is 0 Å². The predicted octanol–water partition coefficient (Wildman–Crippen LogP) is 3.78. The molecule has 0 spiro atoms. The second-order valence-electron chi connectivity index (χ2n) is 5.45. The molecule has 0 unspecified atom stereocenters. The summed E-state index contributed by atoms with van der Waals surface area (Å²) >= 11 is 0. The third kappa shape index (κ3) is 4.54. The van der Waals surface area contributed by atoms with Gasteiger partial charge in [-0.3, -0.25) is 9.36 Å². The van der Waals surface area contributed by atoms with Crippen LogP contribution < -0.4 is 5.32 Å². The van der Waals surface area contributed by atoms with Gasteiger partial charge in [-0.2, -0.15) is 0 Å². The van der Waals surface area contributed by atoms with Crippen LogP contribution in [0.4, 0.5) is 0 Å². The lowest BCUT2D eigenvalue weighted by molar-refractivity contribution is 0.0941. The second kappa shape index (κ2) is 8.25. The Labute approximate surface area is 142 Å². The quantitative estimate of drug-likeness (QED) is 0.774. The Morgan fingerprint density at radius 3 is 2.17 bits per heavy atom. The zero-order valence-electron chi connectivity index (χ0n) is 14.1. The van der Waals surface area contributed by atoms with Gasteiger partial charge >= 0.3 is 7.60 Å². The Morgan fingerprint density at radius 1 is 1.04 bits per heavy atom. The summed E-state index contributed by atoms with van der Waals surface area (Å²) in [5.74, 6) is -1.09. The molecule has 0 aliphatic heterocycles. The molecule has 1 amide bonds. The van der Waals surface area contributed by atoms with E-state index >= 15 is 0 Å². The number of carbonyl (C=O) groups excluding carboxylic acids is 1. The molecule has 1 atom stereocenters. The molecule has 0 saturated heterocycles. The smallest absolute Gasteiger partial charge is 0.338 e. The molecule has 0 aliphatic rings. The maximum absolute atomic E-state index is 12.8. The van der Waals surface area contributed by atoms with Crippen molar-refractivity contribution in [2.24, 2.45) is 0 Å². The molecule has 6 heteroatoms. The summed E-state index contributed by atoms with van der Waals surface area (Å²) < 4.78 is 23.0. The Bertz CT molecular complexity index is 708. The van der Waals surface area contributed by atoms with Crippen LogP contribution in [0.1, 0.15) is 21.5 Å². The highest BCUT2D eigenvalue weighted by Gasteiger charge is 2.35. The van der Waals surface area contributed by atoms with Gasteiger partial charge in [-0.15, -0.1) is 0 Å². The fraction of sp³-hybridized carbons (Fsp3) is 0.278. The van der Waals surface area contributed by atoms with Gasteiger partial charge in [-0.05, 0) is 24.6 Å². The molecule has 0 bridgehead atoms. The summed E-state index contributed by atoms with van der Waals surface area (Å²) in [7, 11) is -0.834. The van der Waals surface area contributed by atoms with Gasteiger partial charge in [0.25, 0.3) is 5.91 Å². The molecular formula is C18H22NO4P. The first-order valence-electron chi connectivity index (χ1n) is 7.61. The Balaban J connectivity index is 2.24. The van der Waals surface area contributed by atoms with Gasteiger partial charge in [-0.1, -0.05) is 48.0 Å². The predicted molar refractivity (Wildman–Crippen MR) is 94.2 cm³/mol. The fourth-order valence-corrected chi connectivity index (χ4v) is 3.71. The number of hydrogen-bond donors (Lipinski definition) is 1. The third-order valence-corrected chi connectivity index (χ3v) is 5.87. The second-order valence-corrected chi connectivity index (χ2v) is 7.88. The monoisotopic (exact) mass is 347 g/mol. The Kier molecular flexibility index (Phi) is 6.32. The van der Waals surface area contributed by atoms with E-state index in [1.807, 2.05) is 37.3 Å². The SMILES string of the molecule is COP(=O)(OC)[C@@H](Cc1ccc(C)cc1)NC(=O)c1ccccc1. The Hall–Kier alpha value is -1.94.